The molecule has 15 heavy (non-hydrogen) atoms. The summed E-state index contributed by atoms with van der Waals surface area (Å²) in [6, 6.07) is 0. The van der Waals surface area contributed by atoms with Crippen LogP contribution in [0.1, 0.15) is 10.6 Å². The van der Waals surface area contributed by atoms with Gasteiger partial charge in [-0.15, -0.1) is 6.58 Å². The summed E-state index contributed by atoms with van der Waals surface area (Å²) in [4.78, 5) is 17.2. The molecular formula is C9H14N4O2. The molecule has 82 valence electrons. The molecule has 0 aliphatic heterocycles. The molecule has 0 bridgehead atoms. The van der Waals surface area contributed by atoms with Crippen LogP contribution in [0.2, 0.25) is 0 Å². The number of methoxy groups -OCH3 is 1. The molecule has 1 heterocycles. The van der Waals surface area contributed by atoms with Gasteiger partial charge in [-0.3, -0.25) is 9.89 Å². The molecule has 6 nitrogen and oxygen atoms in total. The highest BCUT2D eigenvalue weighted by atomic mass is 16.5. The van der Waals surface area contributed by atoms with Gasteiger partial charge >= 0.3 is 0 Å². The van der Waals surface area contributed by atoms with E-state index in [1.165, 1.54) is 6.33 Å². The minimum absolute atomic E-state index is 0.204. The molecular weight excluding hydrogens is 196 g/mol. The van der Waals surface area contributed by atoms with E-state index < -0.39 is 0 Å². The predicted molar refractivity (Wildman–Crippen MR) is 54.4 cm³/mol. The average Bonchev–Trinajstić information content (AvgIpc) is 2.76. The monoisotopic (exact) mass is 210 g/mol. The summed E-state index contributed by atoms with van der Waals surface area (Å²) in [6.45, 7) is 5.03. The van der Waals surface area contributed by atoms with Crippen molar-refractivity contribution < 1.29 is 9.53 Å². The fraction of sp³-hybridized carbons (Fsp3) is 0.444. The Hall–Kier alpha value is -1.69. The number of aromatic amines is 1. The molecule has 1 amide bonds. The number of carbonyl (C=O) groups is 1. The Morgan fingerprint density at radius 2 is 2.60 bits per heavy atom. The number of hydrogen-bond donors (Lipinski definition) is 1. The third-order valence-electron chi connectivity index (χ3n) is 1.82. The van der Waals surface area contributed by atoms with E-state index in [4.69, 9.17) is 4.74 Å². The Balaban J connectivity index is 2.62. The second kappa shape index (κ2) is 5.92. The molecule has 6 heteroatoms. The number of amides is 1. The van der Waals surface area contributed by atoms with Crippen LogP contribution in [0.3, 0.4) is 0 Å². The van der Waals surface area contributed by atoms with Crippen LogP contribution in [0, 0.1) is 0 Å². The fourth-order valence-electron chi connectivity index (χ4n) is 1.09. The van der Waals surface area contributed by atoms with E-state index in [0.29, 0.717) is 19.7 Å². The first-order valence-corrected chi connectivity index (χ1v) is 4.54. The van der Waals surface area contributed by atoms with Crippen molar-refractivity contribution in [3.8, 4) is 0 Å². The number of hydrogen-bond acceptors (Lipinski definition) is 4. The lowest BCUT2D eigenvalue weighted by Gasteiger charge is -2.18. The lowest BCUT2D eigenvalue weighted by atomic mass is 10.4. The Morgan fingerprint density at radius 3 is 3.13 bits per heavy atom. The fourth-order valence-corrected chi connectivity index (χ4v) is 1.09. The normalized spacial score (nSPS) is 9.93. The van der Waals surface area contributed by atoms with Crippen LogP contribution in [0.4, 0.5) is 0 Å². The first-order chi connectivity index (χ1) is 7.29. The Bertz CT molecular complexity index is 310. The third-order valence-corrected chi connectivity index (χ3v) is 1.82. The molecule has 0 atom stereocenters. The number of rotatable bonds is 6. The van der Waals surface area contributed by atoms with E-state index in [0.717, 1.165) is 0 Å². The SMILES string of the molecule is C=CCN(CCOC)C(=O)c1ncn[nH]1. The summed E-state index contributed by atoms with van der Waals surface area (Å²) in [5, 5.41) is 6.15. The van der Waals surface area contributed by atoms with Crippen LogP contribution < -0.4 is 0 Å². The second-order valence-corrected chi connectivity index (χ2v) is 2.87. The van der Waals surface area contributed by atoms with E-state index >= 15 is 0 Å². The predicted octanol–water partition coefficient (Wildman–Crippen LogP) is 0.0793. The van der Waals surface area contributed by atoms with Crippen LogP contribution in [0.25, 0.3) is 0 Å². The summed E-state index contributed by atoms with van der Waals surface area (Å²) >= 11 is 0. The molecule has 0 saturated carbocycles. The summed E-state index contributed by atoms with van der Waals surface area (Å²) < 4.78 is 4.91. The Labute approximate surface area is 87.9 Å². The van der Waals surface area contributed by atoms with Gasteiger partial charge in [-0.1, -0.05) is 6.08 Å². The van der Waals surface area contributed by atoms with Gasteiger partial charge in [0.15, 0.2) is 0 Å². The van der Waals surface area contributed by atoms with E-state index in [-0.39, 0.29) is 11.7 Å². The van der Waals surface area contributed by atoms with Crippen LogP contribution in [0.15, 0.2) is 19.0 Å². The molecule has 1 aromatic heterocycles. The lowest BCUT2D eigenvalue weighted by Crippen LogP contribution is -2.34. The van der Waals surface area contributed by atoms with Crippen molar-refractivity contribution >= 4 is 5.91 Å². The standard InChI is InChI=1S/C9H14N4O2/c1-3-4-13(5-6-15-2)9(14)8-10-7-11-12-8/h3,7H,1,4-6H2,2H3,(H,10,11,12). The molecule has 1 aromatic rings. The smallest absolute Gasteiger partial charge is 0.291 e. The van der Waals surface area contributed by atoms with Gasteiger partial charge in [0, 0.05) is 20.2 Å². The van der Waals surface area contributed by atoms with Gasteiger partial charge in [0.05, 0.1) is 6.61 Å². The molecule has 1 N–H and O–H groups in total. The van der Waals surface area contributed by atoms with Gasteiger partial charge in [-0.25, -0.2) is 4.98 Å². The third kappa shape index (κ3) is 3.17. The summed E-state index contributed by atoms with van der Waals surface area (Å²) in [6.07, 6.45) is 2.96. The molecule has 0 fully saturated rings. The first kappa shape index (κ1) is 11.4. The van der Waals surface area contributed by atoms with Crippen molar-refractivity contribution in [2.24, 2.45) is 0 Å². The van der Waals surface area contributed by atoms with Gasteiger partial charge in [0.2, 0.25) is 5.82 Å². The maximum absolute atomic E-state index is 11.8. The number of aromatic nitrogens is 3. The Kier molecular flexibility index (Phi) is 4.49. The van der Waals surface area contributed by atoms with Crippen LogP contribution >= 0.6 is 0 Å². The van der Waals surface area contributed by atoms with Crippen LogP contribution in [0.5, 0.6) is 0 Å². The van der Waals surface area contributed by atoms with Gasteiger partial charge in [-0.05, 0) is 0 Å². The Morgan fingerprint density at radius 1 is 1.80 bits per heavy atom. The van der Waals surface area contributed by atoms with Crippen molar-refractivity contribution in [3.63, 3.8) is 0 Å². The highest BCUT2D eigenvalue weighted by Gasteiger charge is 2.16. The number of nitrogens with one attached hydrogen (secondary N) is 1. The second-order valence-electron chi connectivity index (χ2n) is 2.87. The van der Waals surface area contributed by atoms with Crippen LogP contribution in [-0.4, -0.2) is 52.8 Å². The van der Waals surface area contributed by atoms with Gasteiger partial charge in [0.1, 0.15) is 6.33 Å². The van der Waals surface area contributed by atoms with E-state index in [2.05, 4.69) is 21.8 Å². The highest BCUT2D eigenvalue weighted by Crippen LogP contribution is 1.97. The molecule has 0 aliphatic carbocycles. The minimum atomic E-state index is -0.204. The maximum Gasteiger partial charge on any atom is 0.291 e. The van der Waals surface area contributed by atoms with Crippen molar-refractivity contribution in [3.05, 3.63) is 24.8 Å². The zero-order valence-electron chi connectivity index (χ0n) is 8.64. The zero-order valence-corrected chi connectivity index (χ0v) is 8.64. The minimum Gasteiger partial charge on any atom is -0.383 e. The van der Waals surface area contributed by atoms with E-state index in [1.54, 1.807) is 18.1 Å². The van der Waals surface area contributed by atoms with Gasteiger partial charge in [-0.2, -0.15) is 5.10 Å². The molecule has 0 aromatic carbocycles. The van der Waals surface area contributed by atoms with E-state index in [1.807, 2.05) is 0 Å². The molecule has 0 radical (unpaired) electrons. The van der Waals surface area contributed by atoms with E-state index in [9.17, 15) is 4.79 Å². The summed E-state index contributed by atoms with van der Waals surface area (Å²) in [5.74, 6) is 0.0254. The van der Waals surface area contributed by atoms with Crippen molar-refractivity contribution in [2.45, 2.75) is 0 Å². The van der Waals surface area contributed by atoms with Gasteiger partial charge < -0.3 is 9.64 Å². The molecule has 0 saturated heterocycles. The lowest BCUT2D eigenvalue weighted by molar-refractivity contribution is 0.0706. The number of nitrogens with zero attached hydrogens (tertiary/aromatic N) is 3. The summed E-state index contributed by atoms with van der Waals surface area (Å²) in [7, 11) is 1.59. The van der Waals surface area contributed by atoms with Crippen molar-refractivity contribution in [2.75, 3.05) is 26.8 Å². The maximum atomic E-state index is 11.8. The largest absolute Gasteiger partial charge is 0.383 e. The van der Waals surface area contributed by atoms with Crippen molar-refractivity contribution in [1.82, 2.24) is 20.1 Å². The number of ether oxygens (including phenoxy) is 1. The summed E-state index contributed by atoms with van der Waals surface area (Å²) in [5.41, 5.74) is 0. The molecule has 0 unspecified atom stereocenters. The average molecular weight is 210 g/mol. The molecule has 1 rings (SSSR count). The van der Waals surface area contributed by atoms with Crippen LogP contribution in [-0.2, 0) is 4.74 Å². The van der Waals surface area contributed by atoms with Gasteiger partial charge in [0.25, 0.3) is 5.91 Å². The zero-order chi connectivity index (χ0) is 11.1. The first-order valence-electron chi connectivity index (χ1n) is 4.54. The molecule has 0 aliphatic rings. The number of H-pyrrole nitrogens is 1. The van der Waals surface area contributed by atoms with Crippen molar-refractivity contribution in [1.29, 1.82) is 0 Å². The quantitative estimate of drug-likeness (QED) is 0.675. The highest BCUT2D eigenvalue weighted by molar-refractivity contribution is 5.90. The topological polar surface area (TPSA) is 71.1 Å². The number of carbonyl (C=O) groups excluding carboxylic acids is 1. The molecule has 0 spiro atoms.